The molecule has 0 amide bonds. The van der Waals surface area contributed by atoms with Gasteiger partial charge in [0, 0.05) is 13.0 Å². The summed E-state index contributed by atoms with van der Waals surface area (Å²) >= 11 is 0. The van der Waals surface area contributed by atoms with Crippen LogP contribution >= 0.6 is 7.82 Å². The third-order valence-electron chi connectivity index (χ3n) is 10.5. The van der Waals surface area contributed by atoms with E-state index in [9.17, 15) is 14.3 Å². The molecule has 2 atom stereocenters. The first-order valence-electron chi connectivity index (χ1n) is 24.1. The van der Waals surface area contributed by atoms with Gasteiger partial charge in [-0.05, 0) is 64.2 Å². The van der Waals surface area contributed by atoms with Gasteiger partial charge in [-0.3, -0.25) is 9.36 Å². The summed E-state index contributed by atoms with van der Waals surface area (Å²) in [6, 6.07) is 0. The molecule has 2 unspecified atom stereocenters. The summed E-state index contributed by atoms with van der Waals surface area (Å²) in [4.78, 5) is 25.1. The Morgan fingerprint density at radius 2 is 0.912 bits per heavy atom. The van der Waals surface area contributed by atoms with Crippen molar-refractivity contribution >= 4 is 13.8 Å². The summed E-state index contributed by atoms with van der Waals surface area (Å²) in [5.41, 5.74) is 0. The Morgan fingerprint density at radius 3 is 1.33 bits per heavy atom. The van der Waals surface area contributed by atoms with E-state index in [0.29, 0.717) is 24.1 Å². The molecule has 0 heterocycles. The topological polar surface area (TPSA) is 94.1 Å². The fraction of sp³-hybridized carbons (Fsp3) is 0.896. The molecule has 0 aromatic carbocycles. The minimum Gasteiger partial charge on any atom is -0.756 e. The smallest absolute Gasteiger partial charge is 0.306 e. The maximum Gasteiger partial charge on any atom is 0.306 e. The van der Waals surface area contributed by atoms with Crippen molar-refractivity contribution in [2.45, 2.75) is 225 Å². The minimum absolute atomic E-state index is 0.0253. The predicted octanol–water partition coefficient (Wildman–Crippen LogP) is 13.8. The largest absolute Gasteiger partial charge is 0.756 e. The monoisotopic (exact) mass is 828 g/mol. The number of hydrogen-bond acceptors (Lipinski definition) is 7. The third kappa shape index (κ3) is 45.9. The van der Waals surface area contributed by atoms with E-state index in [-0.39, 0.29) is 25.8 Å². The van der Waals surface area contributed by atoms with Crippen LogP contribution in [0.2, 0.25) is 0 Å². The number of unbranched alkanes of at least 4 members (excludes halogenated alkanes) is 27. The highest BCUT2D eigenvalue weighted by Crippen LogP contribution is 2.38. The summed E-state index contributed by atoms with van der Waals surface area (Å²) < 4.78 is 34.7. The molecule has 57 heavy (non-hydrogen) atoms. The second-order valence-corrected chi connectivity index (χ2v) is 18.9. The van der Waals surface area contributed by atoms with Crippen molar-refractivity contribution in [3.8, 4) is 0 Å². The van der Waals surface area contributed by atoms with Gasteiger partial charge >= 0.3 is 5.97 Å². The number of carbonyl (C=O) groups is 1. The molecule has 338 valence electrons. The molecule has 0 N–H and O–H groups in total. The van der Waals surface area contributed by atoms with E-state index in [1.807, 2.05) is 21.1 Å². The van der Waals surface area contributed by atoms with Crippen LogP contribution in [0.3, 0.4) is 0 Å². The highest BCUT2D eigenvalue weighted by atomic mass is 31.2. The summed E-state index contributed by atoms with van der Waals surface area (Å²) in [7, 11) is 1.36. The van der Waals surface area contributed by atoms with Gasteiger partial charge in [0.1, 0.15) is 19.3 Å². The maximum absolute atomic E-state index is 12.7. The number of carbonyl (C=O) groups excluding carboxylic acids is 1. The van der Waals surface area contributed by atoms with Crippen LogP contribution in [0.15, 0.2) is 24.3 Å². The third-order valence-corrected chi connectivity index (χ3v) is 11.4. The average Bonchev–Trinajstić information content (AvgIpc) is 3.16. The van der Waals surface area contributed by atoms with Gasteiger partial charge in [-0.25, -0.2) is 0 Å². The van der Waals surface area contributed by atoms with Crippen molar-refractivity contribution in [3.05, 3.63) is 24.3 Å². The second-order valence-electron chi connectivity index (χ2n) is 17.5. The van der Waals surface area contributed by atoms with E-state index in [1.165, 1.54) is 154 Å². The number of esters is 1. The van der Waals surface area contributed by atoms with Crippen molar-refractivity contribution in [3.63, 3.8) is 0 Å². The van der Waals surface area contributed by atoms with Crippen molar-refractivity contribution in [2.75, 3.05) is 54.1 Å². The summed E-state index contributed by atoms with van der Waals surface area (Å²) in [6.07, 6.45) is 47.6. The Labute approximate surface area is 353 Å². The molecule has 0 aliphatic carbocycles. The zero-order valence-electron chi connectivity index (χ0n) is 38.3. The molecule has 0 saturated heterocycles. The van der Waals surface area contributed by atoms with Crippen LogP contribution in [-0.2, 0) is 27.9 Å². The number of ether oxygens (including phenoxy) is 2. The summed E-state index contributed by atoms with van der Waals surface area (Å²) in [6.45, 7) is 5.42. The van der Waals surface area contributed by atoms with Crippen molar-refractivity contribution in [2.24, 2.45) is 0 Å². The van der Waals surface area contributed by atoms with Gasteiger partial charge < -0.3 is 27.9 Å². The van der Waals surface area contributed by atoms with Gasteiger partial charge in [0.15, 0.2) is 0 Å². The number of phosphoric ester groups is 1. The Kier molecular flexibility index (Phi) is 41.0. The number of phosphoric acid groups is 1. The van der Waals surface area contributed by atoms with E-state index in [2.05, 4.69) is 38.2 Å². The molecule has 0 saturated carbocycles. The van der Waals surface area contributed by atoms with E-state index in [0.717, 1.165) is 44.9 Å². The number of quaternary nitrogens is 1. The van der Waals surface area contributed by atoms with Crippen molar-refractivity contribution < 1.29 is 37.3 Å². The highest BCUT2D eigenvalue weighted by molar-refractivity contribution is 7.45. The molecule has 0 bridgehead atoms. The van der Waals surface area contributed by atoms with Gasteiger partial charge in [-0.1, -0.05) is 173 Å². The SMILES string of the molecule is CCCCCCCCC/C=C\CCCCCCCCCCOCC(COP(=O)([O-])OCC[N+](C)(C)C)OC(=O)CCCCCCC/C=C\CCCCCCCCC. The Hall–Kier alpha value is -1.02. The number of nitrogens with zero attached hydrogens (tertiary/aromatic N) is 1. The van der Waals surface area contributed by atoms with Crippen LogP contribution in [0, 0.1) is 0 Å². The Bertz CT molecular complexity index is 967. The second kappa shape index (κ2) is 41.7. The molecule has 0 aliphatic rings. The molecule has 0 aromatic rings. The zero-order chi connectivity index (χ0) is 42.0. The predicted molar refractivity (Wildman–Crippen MR) is 240 cm³/mol. The van der Waals surface area contributed by atoms with Crippen LogP contribution < -0.4 is 4.89 Å². The fourth-order valence-corrected chi connectivity index (χ4v) is 7.44. The Morgan fingerprint density at radius 1 is 0.526 bits per heavy atom. The molecule has 0 aliphatic heterocycles. The fourth-order valence-electron chi connectivity index (χ4n) is 6.71. The van der Waals surface area contributed by atoms with Gasteiger partial charge in [0.2, 0.25) is 0 Å². The lowest BCUT2D eigenvalue weighted by Gasteiger charge is -2.28. The van der Waals surface area contributed by atoms with Crippen molar-refractivity contribution in [1.82, 2.24) is 0 Å². The molecule has 0 radical (unpaired) electrons. The maximum atomic E-state index is 12.7. The van der Waals surface area contributed by atoms with E-state index < -0.39 is 13.9 Å². The highest BCUT2D eigenvalue weighted by Gasteiger charge is 2.20. The molecule has 0 rings (SSSR count). The minimum atomic E-state index is -4.53. The summed E-state index contributed by atoms with van der Waals surface area (Å²) in [5.74, 6) is -0.341. The van der Waals surface area contributed by atoms with Crippen LogP contribution in [0.1, 0.15) is 219 Å². The quantitative estimate of drug-likeness (QED) is 0.0198. The van der Waals surface area contributed by atoms with Crippen molar-refractivity contribution in [1.29, 1.82) is 0 Å². The number of hydrogen-bond donors (Lipinski definition) is 0. The van der Waals surface area contributed by atoms with Crippen LogP contribution in [-0.4, -0.2) is 70.7 Å². The van der Waals surface area contributed by atoms with E-state index in [4.69, 9.17) is 18.5 Å². The number of allylic oxidation sites excluding steroid dienone is 4. The molecule has 0 fully saturated rings. The first kappa shape index (κ1) is 56.0. The van der Waals surface area contributed by atoms with E-state index >= 15 is 0 Å². The summed E-state index contributed by atoms with van der Waals surface area (Å²) in [5, 5.41) is 0. The van der Waals surface area contributed by atoms with Crippen LogP contribution in [0.4, 0.5) is 0 Å². The lowest BCUT2D eigenvalue weighted by molar-refractivity contribution is -0.870. The zero-order valence-corrected chi connectivity index (χ0v) is 39.2. The lowest BCUT2D eigenvalue weighted by Crippen LogP contribution is -2.37. The first-order valence-corrected chi connectivity index (χ1v) is 25.5. The van der Waals surface area contributed by atoms with Crippen LogP contribution in [0.25, 0.3) is 0 Å². The molecular formula is C48H94NO7P. The van der Waals surface area contributed by atoms with Gasteiger partial charge in [-0.15, -0.1) is 0 Å². The molecule has 0 aromatic heterocycles. The first-order chi connectivity index (χ1) is 27.6. The molecule has 8 nitrogen and oxygen atoms in total. The molecular weight excluding hydrogens is 734 g/mol. The van der Waals surface area contributed by atoms with Gasteiger partial charge in [-0.2, -0.15) is 0 Å². The lowest BCUT2D eigenvalue weighted by atomic mass is 10.1. The molecule has 0 spiro atoms. The van der Waals surface area contributed by atoms with E-state index in [1.54, 1.807) is 0 Å². The van der Waals surface area contributed by atoms with Gasteiger partial charge in [0.25, 0.3) is 7.82 Å². The normalized spacial score (nSPS) is 13.9. The number of likely N-dealkylation sites (N-methyl/N-ethyl adjacent to an activating group) is 1. The molecule has 9 heteroatoms. The Balaban J connectivity index is 4.18. The standard InChI is InChI=1S/C48H94NO7P/c1-6-8-10-12-14-16-18-20-22-24-25-26-28-30-32-34-36-38-40-43-53-45-47(46-55-57(51,52)54-44-42-49(3,4)5)56-48(50)41-39-37-35-33-31-29-27-23-21-19-17-15-13-11-9-7-2/h22-24,27,47H,6-21,25-26,28-46H2,1-5H3/b24-22-,27-23-. The number of rotatable bonds is 45. The van der Waals surface area contributed by atoms with Gasteiger partial charge in [0.05, 0.1) is 34.4 Å². The van der Waals surface area contributed by atoms with Crippen LogP contribution in [0.5, 0.6) is 0 Å². The average molecular weight is 828 g/mol.